The second-order valence-electron chi connectivity index (χ2n) is 4.08. The SMILES string of the molecule is NC1CCN1C1NCc2ccccc21. The first-order valence-corrected chi connectivity index (χ1v) is 5.19. The fourth-order valence-corrected chi connectivity index (χ4v) is 2.32. The van der Waals surface area contributed by atoms with E-state index < -0.39 is 0 Å². The molecule has 1 aromatic carbocycles. The van der Waals surface area contributed by atoms with Gasteiger partial charge in [-0.05, 0) is 17.5 Å². The zero-order valence-electron chi connectivity index (χ0n) is 8.11. The summed E-state index contributed by atoms with van der Waals surface area (Å²) in [6, 6.07) is 8.59. The van der Waals surface area contributed by atoms with Gasteiger partial charge in [0, 0.05) is 13.1 Å². The van der Waals surface area contributed by atoms with Gasteiger partial charge >= 0.3 is 0 Å². The monoisotopic (exact) mass is 189 g/mol. The molecule has 1 fully saturated rings. The molecule has 3 N–H and O–H groups in total. The third-order valence-electron chi connectivity index (χ3n) is 3.28. The lowest BCUT2D eigenvalue weighted by Gasteiger charge is -2.42. The highest BCUT2D eigenvalue weighted by atomic mass is 15.4. The smallest absolute Gasteiger partial charge is 0.0878 e. The number of likely N-dealkylation sites (tertiary alicyclic amines) is 1. The third-order valence-corrected chi connectivity index (χ3v) is 3.28. The molecule has 0 bridgehead atoms. The van der Waals surface area contributed by atoms with Gasteiger partial charge < -0.3 is 5.73 Å². The molecule has 74 valence electrons. The van der Waals surface area contributed by atoms with Crippen molar-refractivity contribution < 1.29 is 0 Å². The number of nitrogens with two attached hydrogens (primary N) is 1. The number of benzene rings is 1. The van der Waals surface area contributed by atoms with Crippen molar-refractivity contribution in [3.8, 4) is 0 Å². The Morgan fingerprint density at radius 1 is 1.36 bits per heavy atom. The molecule has 0 aliphatic carbocycles. The minimum Gasteiger partial charge on any atom is -0.316 e. The van der Waals surface area contributed by atoms with Crippen molar-refractivity contribution in [1.82, 2.24) is 10.2 Å². The van der Waals surface area contributed by atoms with Crippen LogP contribution in [0.5, 0.6) is 0 Å². The fraction of sp³-hybridized carbons (Fsp3) is 0.455. The number of hydrogen-bond acceptors (Lipinski definition) is 3. The van der Waals surface area contributed by atoms with Crippen LogP contribution in [0.2, 0.25) is 0 Å². The molecule has 0 aromatic heterocycles. The summed E-state index contributed by atoms with van der Waals surface area (Å²) in [5.74, 6) is 0. The topological polar surface area (TPSA) is 41.3 Å². The molecule has 1 saturated heterocycles. The van der Waals surface area contributed by atoms with Gasteiger partial charge in [-0.2, -0.15) is 0 Å². The maximum absolute atomic E-state index is 5.95. The van der Waals surface area contributed by atoms with Gasteiger partial charge in [-0.25, -0.2) is 0 Å². The van der Waals surface area contributed by atoms with Crippen molar-refractivity contribution in [3.05, 3.63) is 35.4 Å². The van der Waals surface area contributed by atoms with E-state index in [-0.39, 0.29) is 6.17 Å². The van der Waals surface area contributed by atoms with E-state index in [4.69, 9.17) is 5.73 Å². The standard InChI is InChI=1S/C11H15N3/c12-10-5-6-14(10)11-9-4-2-1-3-8(9)7-13-11/h1-4,10-11,13H,5-7,12H2. The summed E-state index contributed by atoms with van der Waals surface area (Å²) in [5.41, 5.74) is 8.76. The van der Waals surface area contributed by atoms with Gasteiger partial charge in [0.25, 0.3) is 0 Å². The Kier molecular flexibility index (Phi) is 1.83. The van der Waals surface area contributed by atoms with Crippen molar-refractivity contribution in [3.63, 3.8) is 0 Å². The zero-order chi connectivity index (χ0) is 9.54. The van der Waals surface area contributed by atoms with Gasteiger partial charge in [-0.1, -0.05) is 24.3 Å². The van der Waals surface area contributed by atoms with Crippen molar-refractivity contribution in [1.29, 1.82) is 0 Å². The predicted octanol–water partition coefficient (Wildman–Crippen LogP) is 0.779. The van der Waals surface area contributed by atoms with E-state index >= 15 is 0 Å². The minimum atomic E-state index is 0.249. The number of rotatable bonds is 1. The normalized spacial score (nSPS) is 31.2. The van der Waals surface area contributed by atoms with Crippen molar-refractivity contribution in [2.24, 2.45) is 5.73 Å². The minimum absolute atomic E-state index is 0.249. The van der Waals surface area contributed by atoms with Crippen LogP contribution in [0.1, 0.15) is 23.7 Å². The van der Waals surface area contributed by atoms with Crippen LogP contribution in [-0.2, 0) is 6.54 Å². The average molecular weight is 189 g/mol. The summed E-state index contributed by atoms with van der Waals surface area (Å²) in [5, 5.41) is 3.50. The Morgan fingerprint density at radius 2 is 2.21 bits per heavy atom. The van der Waals surface area contributed by atoms with Crippen molar-refractivity contribution in [2.45, 2.75) is 25.3 Å². The lowest BCUT2D eigenvalue weighted by molar-refractivity contribution is 0.0325. The van der Waals surface area contributed by atoms with Crippen LogP contribution in [0.4, 0.5) is 0 Å². The maximum atomic E-state index is 5.95. The molecule has 1 aromatic rings. The molecule has 0 saturated carbocycles. The summed E-state index contributed by atoms with van der Waals surface area (Å²) in [4.78, 5) is 2.33. The van der Waals surface area contributed by atoms with Crippen LogP contribution in [0.3, 0.4) is 0 Å². The van der Waals surface area contributed by atoms with Crippen LogP contribution < -0.4 is 11.1 Å². The Hall–Kier alpha value is -0.900. The molecule has 14 heavy (non-hydrogen) atoms. The molecule has 2 atom stereocenters. The number of nitrogens with zero attached hydrogens (tertiary/aromatic N) is 1. The van der Waals surface area contributed by atoms with E-state index in [0.717, 1.165) is 19.5 Å². The summed E-state index contributed by atoms with van der Waals surface area (Å²) in [7, 11) is 0. The molecular weight excluding hydrogens is 174 g/mol. The second-order valence-corrected chi connectivity index (χ2v) is 4.08. The third kappa shape index (κ3) is 1.10. The maximum Gasteiger partial charge on any atom is 0.0878 e. The fourth-order valence-electron chi connectivity index (χ4n) is 2.32. The Balaban J connectivity index is 1.90. The van der Waals surface area contributed by atoms with E-state index in [1.807, 2.05) is 0 Å². The Bertz CT molecular complexity index is 350. The molecule has 3 heteroatoms. The summed E-state index contributed by atoms with van der Waals surface area (Å²) in [6.07, 6.45) is 1.73. The average Bonchev–Trinajstić information content (AvgIpc) is 2.60. The molecule has 2 unspecified atom stereocenters. The van der Waals surface area contributed by atoms with Crippen LogP contribution in [0, 0.1) is 0 Å². The van der Waals surface area contributed by atoms with Gasteiger partial charge in [-0.3, -0.25) is 10.2 Å². The van der Waals surface area contributed by atoms with Crippen LogP contribution in [0.15, 0.2) is 24.3 Å². The second kappa shape index (κ2) is 3.05. The summed E-state index contributed by atoms with van der Waals surface area (Å²) >= 11 is 0. The molecule has 0 spiro atoms. The summed E-state index contributed by atoms with van der Waals surface area (Å²) in [6.45, 7) is 2.09. The van der Waals surface area contributed by atoms with E-state index in [2.05, 4.69) is 34.5 Å². The lowest BCUT2D eigenvalue weighted by Crippen LogP contribution is -2.56. The number of nitrogens with one attached hydrogen (secondary N) is 1. The quantitative estimate of drug-likeness (QED) is 0.686. The van der Waals surface area contributed by atoms with Gasteiger partial charge in [-0.15, -0.1) is 0 Å². The van der Waals surface area contributed by atoms with Gasteiger partial charge in [0.2, 0.25) is 0 Å². The molecule has 0 radical (unpaired) electrons. The molecule has 3 nitrogen and oxygen atoms in total. The highest BCUT2D eigenvalue weighted by Gasteiger charge is 2.35. The van der Waals surface area contributed by atoms with Crippen LogP contribution >= 0.6 is 0 Å². The van der Waals surface area contributed by atoms with E-state index in [1.165, 1.54) is 11.1 Å². The lowest BCUT2D eigenvalue weighted by atomic mass is 10.0. The van der Waals surface area contributed by atoms with Crippen molar-refractivity contribution >= 4 is 0 Å². The highest BCUT2D eigenvalue weighted by Crippen LogP contribution is 2.32. The Labute approximate surface area is 83.9 Å². The zero-order valence-corrected chi connectivity index (χ0v) is 8.11. The van der Waals surface area contributed by atoms with Gasteiger partial charge in [0.1, 0.15) is 0 Å². The highest BCUT2D eigenvalue weighted by molar-refractivity contribution is 5.33. The van der Waals surface area contributed by atoms with Gasteiger partial charge in [0.05, 0.1) is 12.3 Å². The van der Waals surface area contributed by atoms with Crippen LogP contribution in [0.25, 0.3) is 0 Å². The molecule has 2 heterocycles. The van der Waals surface area contributed by atoms with Crippen molar-refractivity contribution in [2.75, 3.05) is 6.54 Å². The predicted molar refractivity (Wildman–Crippen MR) is 55.3 cm³/mol. The van der Waals surface area contributed by atoms with Crippen LogP contribution in [-0.4, -0.2) is 17.6 Å². The molecular formula is C11H15N3. The number of hydrogen-bond donors (Lipinski definition) is 2. The van der Waals surface area contributed by atoms with E-state index in [9.17, 15) is 0 Å². The van der Waals surface area contributed by atoms with E-state index in [0.29, 0.717) is 6.17 Å². The molecule has 2 aliphatic heterocycles. The number of fused-ring (bicyclic) bond motifs is 1. The molecule has 0 amide bonds. The first-order chi connectivity index (χ1) is 6.86. The van der Waals surface area contributed by atoms with Gasteiger partial charge in [0.15, 0.2) is 0 Å². The largest absolute Gasteiger partial charge is 0.316 e. The summed E-state index contributed by atoms with van der Waals surface area (Å²) < 4.78 is 0. The van der Waals surface area contributed by atoms with E-state index in [1.54, 1.807) is 0 Å². The Morgan fingerprint density at radius 3 is 2.93 bits per heavy atom. The molecule has 3 rings (SSSR count). The molecule has 2 aliphatic rings. The first kappa shape index (κ1) is 8.41. The first-order valence-electron chi connectivity index (χ1n) is 5.19.